The Balaban J connectivity index is 2.24. The molecule has 3 heteroatoms. The molecule has 2 aromatic carbocycles. The predicted octanol–water partition coefficient (Wildman–Crippen LogP) is 3.55. The summed E-state index contributed by atoms with van der Waals surface area (Å²) in [4.78, 5) is 12.3. The van der Waals surface area contributed by atoms with Gasteiger partial charge in [0, 0.05) is 11.8 Å². The number of benzene rings is 2. The molecular formula is C18H18N2O. The first-order valence-electron chi connectivity index (χ1n) is 7.02. The normalized spacial score (nSPS) is 10.8. The Labute approximate surface area is 124 Å². The maximum absolute atomic E-state index is 12.3. The molecule has 0 aliphatic heterocycles. The summed E-state index contributed by atoms with van der Waals surface area (Å²) in [5, 5.41) is 0. The molecule has 3 nitrogen and oxygen atoms in total. The molecule has 0 bridgehead atoms. The van der Waals surface area contributed by atoms with E-state index in [9.17, 15) is 4.79 Å². The molecule has 0 N–H and O–H groups in total. The summed E-state index contributed by atoms with van der Waals surface area (Å²) in [6.45, 7) is 6.04. The molecule has 0 spiro atoms. The third kappa shape index (κ3) is 2.42. The number of aromatic nitrogens is 2. The molecular weight excluding hydrogens is 260 g/mol. The zero-order chi connectivity index (χ0) is 15.0. The van der Waals surface area contributed by atoms with E-state index in [1.807, 2.05) is 54.9 Å². The molecule has 3 rings (SSSR count). The Bertz CT molecular complexity index is 821. The quantitative estimate of drug-likeness (QED) is 0.704. The minimum Gasteiger partial charge on any atom is -0.267 e. The lowest BCUT2D eigenvalue weighted by Crippen LogP contribution is -2.20. The molecule has 0 saturated heterocycles. The first-order chi connectivity index (χ1) is 10.1. The van der Waals surface area contributed by atoms with Crippen molar-refractivity contribution in [3.05, 3.63) is 81.8 Å². The van der Waals surface area contributed by atoms with Crippen molar-refractivity contribution in [2.75, 3.05) is 0 Å². The average Bonchev–Trinajstić information content (AvgIpc) is 2.75. The monoisotopic (exact) mass is 278 g/mol. The molecule has 21 heavy (non-hydrogen) atoms. The fourth-order valence-electron chi connectivity index (χ4n) is 2.49. The Hall–Kier alpha value is -2.55. The van der Waals surface area contributed by atoms with Crippen molar-refractivity contribution >= 4 is 0 Å². The molecule has 106 valence electrons. The smallest absolute Gasteiger partial charge is 0.267 e. The van der Waals surface area contributed by atoms with Crippen LogP contribution in [-0.4, -0.2) is 9.36 Å². The highest BCUT2D eigenvalue weighted by Gasteiger charge is 2.11. The second-order valence-corrected chi connectivity index (χ2v) is 5.42. The van der Waals surface area contributed by atoms with Crippen LogP contribution in [0.4, 0.5) is 0 Å². The van der Waals surface area contributed by atoms with Crippen molar-refractivity contribution < 1.29 is 0 Å². The van der Waals surface area contributed by atoms with Crippen molar-refractivity contribution in [1.82, 2.24) is 9.36 Å². The van der Waals surface area contributed by atoms with Crippen LogP contribution in [0.2, 0.25) is 0 Å². The second kappa shape index (κ2) is 5.09. The predicted molar refractivity (Wildman–Crippen MR) is 85.6 cm³/mol. The van der Waals surface area contributed by atoms with Gasteiger partial charge in [0.2, 0.25) is 0 Å². The maximum atomic E-state index is 12.3. The van der Waals surface area contributed by atoms with E-state index in [0.717, 1.165) is 17.1 Å². The summed E-state index contributed by atoms with van der Waals surface area (Å²) >= 11 is 0. The molecule has 0 aliphatic carbocycles. The van der Waals surface area contributed by atoms with Gasteiger partial charge in [-0.1, -0.05) is 35.4 Å². The van der Waals surface area contributed by atoms with Crippen LogP contribution in [0.15, 0.2) is 59.4 Å². The SMILES string of the molecule is Cc1ccc(-n2c(C)cc(=O)n2-c2ccc(C)cc2)cc1. The van der Waals surface area contributed by atoms with Gasteiger partial charge >= 0.3 is 0 Å². The maximum Gasteiger partial charge on any atom is 0.271 e. The summed E-state index contributed by atoms with van der Waals surface area (Å²) in [6.07, 6.45) is 0. The highest BCUT2D eigenvalue weighted by Crippen LogP contribution is 2.15. The number of hydrogen-bond donors (Lipinski definition) is 0. The van der Waals surface area contributed by atoms with Gasteiger partial charge in [-0.3, -0.25) is 9.48 Å². The third-order valence-corrected chi connectivity index (χ3v) is 3.63. The summed E-state index contributed by atoms with van der Waals surface area (Å²) < 4.78 is 3.66. The van der Waals surface area contributed by atoms with Crippen LogP contribution in [0, 0.1) is 20.8 Å². The Morgan fingerprint density at radius 3 is 1.57 bits per heavy atom. The largest absolute Gasteiger partial charge is 0.271 e. The third-order valence-electron chi connectivity index (χ3n) is 3.63. The number of aryl methyl sites for hydroxylation is 3. The van der Waals surface area contributed by atoms with Gasteiger partial charge in [-0.2, -0.15) is 0 Å². The Morgan fingerprint density at radius 2 is 1.10 bits per heavy atom. The van der Waals surface area contributed by atoms with Gasteiger partial charge in [0.05, 0.1) is 11.4 Å². The zero-order valence-corrected chi connectivity index (χ0v) is 12.5. The fourth-order valence-corrected chi connectivity index (χ4v) is 2.49. The summed E-state index contributed by atoms with van der Waals surface area (Å²) in [6, 6.07) is 17.8. The van der Waals surface area contributed by atoms with E-state index in [1.165, 1.54) is 11.1 Å². The first-order valence-corrected chi connectivity index (χ1v) is 7.02. The van der Waals surface area contributed by atoms with Gasteiger partial charge in [0.15, 0.2) is 0 Å². The first kappa shape index (κ1) is 13.4. The van der Waals surface area contributed by atoms with E-state index in [0.29, 0.717) is 0 Å². The van der Waals surface area contributed by atoms with Crippen molar-refractivity contribution in [3.8, 4) is 11.4 Å². The molecule has 1 aromatic heterocycles. The lowest BCUT2D eigenvalue weighted by atomic mass is 10.2. The van der Waals surface area contributed by atoms with Gasteiger partial charge in [-0.25, -0.2) is 4.68 Å². The fraction of sp³-hybridized carbons (Fsp3) is 0.167. The van der Waals surface area contributed by atoms with E-state index < -0.39 is 0 Å². The molecule has 0 aliphatic rings. The molecule has 0 fully saturated rings. The Morgan fingerprint density at radius 1 is 0.667 bits per heavy atom. The standard InChI is InChI=1S/C18H18N2O/c1-13-4-8-16(9-5-13)19-15(3)12-18(21)20(19)17-10-6-14(2)7-11-17/h4-12H,1-3H3. The van der Waals surface area contributed by atoms with Crippen LogP contribution in [-0.2, 0) is 0 Å². The van der Waals surface area contributed by atoms with Gasteiger partial charge in [0.1, 0.15) is 0 Å². The van der Waals surface area contributed by atoms with E-state index >= 15 is 0 Å². The zero-order valence-electron chi connectivity index (χ0n) is 12.5. The topological polar surface area (TPSA) is 26.9 Å². The molecule has 0 radical (unpaired) electrons. The summed E-state index contributed by atoms with van der Waals surface area (Å²) in [7, 11) is 0. The molecule has 0 atom stereocenters. The van der Waals surface area contributed by atoms with Crippen LogP contribution in [0.5, 0.6) is 0 Å². The van der Waals surface area contributed by atoms with Crippen molar-refractivity contribution in [3.63, 3.8) is 0 Å². The van der Waals surface area contributed by atoms with Crippen molar-refractivity contribution in [2.45, 2.75) is 20.8 Å². The number of rotatable bonds is 2. The Kier molecular flexibility index (Phi) is 3.26. The van der Waals surface area contributed by atoms with Gasteiger partial charge in [-0.15, -0.1) is 0 Å². The lowest BCUT2D eigenvalue weighted by molar-refractivity contribution is 0.706. The van der Waals surface area contributed by atoms with Crippen molar-refractivity contribution in [2.24, 2.45) is 0 Å². The van der Waals surface area contributed by atoms with Crippen LogP contribution >= 0.6 is 0 Å². The summed E-state index contributed by atoms with van der Waals surface area (Å²) in [5.74, 6) is 0. The van der Waals surface area contributed by atoms with Crippen LogP contribution < -0.4 is 5.56 Å². The molecule has 3 aromatic rings. The molecule has 1 heterocycles. The highest BCUT2D eigenvalue weighted by molar-refractivity contribution is 5.40. The van der Waals surface area contributed by atoms with Crippen LogP contribution in [0.3, 0.4) is 0 Å². The highest BCUT2D eigenvalue weighted by atomic mass is 16.1. The van der Waals surface area contributed by atoms with E-state index in [-0.39, 0.29) is 5.56 Å². The minimum atomic E-state index is -0.0167. The molecule has 0 amide bonds. The van der Waals surface area contributed by atoms with E-state index in [2.05, 4.69) is 19.1 Å². The van der Waals surface area contributed by atoms with Gasteiger partial charge in [-0.05, 0) is 45.0 Å². The van der Waals surface area contributed by atoms with E-state index in [1.54, 1.807) is 10.7 Å². The summed E-state index contributed by atoms with van der Waals surface area (Å²) in [5.41, 5.74) is 5.14. The number of hydrogen-bond acceptors (Lipinski definition) is 1. The average molecular weight is 278 g/mol. The van der Waals surface area contributed by atoms with Crippen LogP contribution in [0.1, 0.15) is 16.8 Å². The van der Waals surface area contributed by atoms with Crippen LogP contribution in [0.25, 0.3) is 11.4 Å². The van der Waals surface area contributed by atoms with Crippen molar-refractivity contribution in [1.29, 1.82) is 0 Å². The van der Waals surface area contributed by atoms with Gasteiger partial charge < -0.3 is 0 Å². The number of nitrogens with zero attached hydrogens (tertiary/aromatic N) is 2. The lowest BCUT2D eigenvalue weighted by Gasteiger charge is -2.14. The van der Waals surface area contributed by atoms with E-state index in [4.69, 9.17) is 0 Å². The second-order valence-electron chi connectivity index (χ2n) is 5.42. The molecule has 0 unspecified atom stereocenters. The molecule has 0 saturated carbocycles. The van der Waals surface area contributed by atoms with Gasteiger partial charge in [0.25, 0.3) is 5.56 Å². The minimum absolute atomic E-state index is 0.0167.